The van der Waals surface area contributed by atoms with Gasteiger partial charge in [-0.05, 0) is 36.8 Å². The Morgan fingerprint density at radius 2 is 1.70 bits per heavy atom. The SMILES string of the molecule is CCOC(=O)C(CCSC)NC(=O)C(Cc1ccccc1)NC(=O)C(N)C(C)CC. The second-order valence-corrected chi connectivity index (χ2v) is 8.24. The molecule has 4 unspecified atom stereocenters. The summed E-state index contributed by atoms with van der Waals surface area (Å²) in [6.45, 7) is 5.82. The van der Waals surface area contributed by atoms with E-state index >= 15 is 0 Å². The first-order chi connectivity index (χ1) is 14.3. The van der Waals surface area contributed by atoms with Crippen LogP contribution in [-0.4, -0.2) is 54.5 Å². The topological polar surface area (TPSA) is 111 Å². The molecule has 0 saturated carbocycles. The average molecular weight is 438 g/mol. The predicted molar refractivity (Wildman–Crippen MR) is 121 cm³/mol. The first-order valence-electron chi connectivity index (χ1n) is 10.4. The van der Waals surface area contributed by atoms with Crippen molar-refractivity contribution < 1.29 is 19.1 Å². The zero-order valence-electron chi connectivity index (χ0n) is 18.4. The lowest BCUT2D eigenvalue weighted by atomic mass is 9.98. The Labute approximate surface area is 183 Å². The maximum atomic E-state index is 13.0. The van der Waals surface area contributed by atoms with Crippen molar-refractivity contribution in [2.75, 3.05) is 18.6 Å². The molecule has 0 fully saturated rings. The molecular weight excluding hydrogens is 402 g/mol. The molecular formula is C22H35N3O4S. The van der Waals surface area contributed by atoms with Gasteiger partial charge in [0.2, 0.25) is 11.8 Å². The van der Waals surface area contributed by atoms with Crippen molar-refractivity contribution in [1.29, 1.82) is 0 Å². The minimum Gasteiger partial charge on any atom is -0.464 e. The van der Waals surface area contributed by atoms with Crippen LogP contribution in [0.4, 0.5) is 0 Å². The molecule has 0 saturated heterocycles. The van der Waals surface area contributed by atoms with Gasteiger partial charge in [-0.25, -0.2) is 4.79 Å². The average Bonchev–Trinajstić information content (AvgIpc) is 2.75. The Hall–Kier alpha value is -2.06. The highest BCUT2D eigenvalue weighted by atomic mass is 32.2. The van der Waals surface area contributed by atoms with Gasteiger partial charge in [-0.3, -0.25) is 9.59 Å². The van der Waals surface area contributed by atoms with Crippen LogP contribution >= 0.6 is 11.8 Å². The van der Waals surface area contributed by atoms with Gasteiger partial charge in [0.05, 0.1) is 12.6 Å². The molecule has 0 aliphatic rings. The Kier molecular flexibility index (Phi) is 12.2. The maximum Gasteiger partial charge on any atom is 0.328 e. The third-order valence-corrected chi connectivity index (χ3v) is 5.62. The van der Waals surface area contributed by atoms with Crippen LogP contribution in [0.5, 0.6) is 0 Å². The Morgan fingerprint density at radius 1 is 1.07 bits per heavy atom. The van der Waals surface area contributed by atoms with Gasteiger partial charge in [0.15, 0.2) is 0 Å². The Balaban J connectivity index is 2.98. The summed E-state index contributed by atoms with van der Waals surface area (Å²) in [7, 11) is 0. The van der Waals surface area contributed by atoms with Crippen LogP contribution in [0.2, 0.25) is 0 Å². The summed E-state index contributed by atoms with van der Waals surface area (Å²) in [6.07, 6.45) is 3.43. The Morgan fingerprint density at radius 3 is 2.27 bits per heavy atom. The number of nitrogens with two attached hydrogens (primary N) is 1. The van der Waals surface area contributed by atoms with Crippen molar-refractivity contribution in [3.05, 3.63) is 35.9 Å². The summed E-state index contributed by atoms with van der Waals surface area (Å²) < 4.78 is 5.10. The molecule has 0 bridgehead atoms. The number of hydrogen-bond acceptors (Lipinski definition) is 6. The van der Waals surface area contributed by atoms with Crippen molar-refractivity contribution in [1.82, 2.24) is 10.6 Å². The van der Waals surface area contributed by atoms with E-state index in [2.05, 4.69) is 10.6 Å². The van der Waals surface area contributed by atoms with E-state index in [0.29, 0.717) is 18.6 Å². The van der Waals surface area contributed by atoms with Gasteiger partial charge >= 0.3 is 5.97 Å². The molecule has 0 aliphatic heterocycles. The third-order valence-electron chi connectivity index (χ3n) is 4.97. The van der Waals surface area contributed by atoms with E-state index in [1.54, 1.807) is 18.7 Å². The molecule has 1 aromatic rings. The van der Waals surface area contributed by atoms with Gasteiger partial charge in [0, 0.05) is 6.42 Å². The van der Waals surface area contributed by atoms with Gasteiger partial charge in [-0.1, -0.05) is 50.6 Å². The first-order valence-corrected chi connectivity index (χ1v) is 11.8. The molecule has 0 spiro atoms. The number of thioether (sulfide) groups is 1. The number of esters is 1. The number of ether oxygens (including phenoxy) is 1. The number of benzene rings is 1. The second-order valence-electron chi connectivity index (χ2n) is 7.26. The lowest BCUT2D eigenvalue weighted by molar-refractivity contribution is -0.147. The molecule has 168 valence electrons. The van der Waals surface area contributed by atoms with Gasteiger partial charge in [0.1, 0.15) is 12.1 Å². The van der Waals surface area contributed by atoms with E-state index < -0.39 is 30.0 Å². The lowest BCUT2D eigenvalue weighted by Crippen LogP contribution is -2.56. The van der Waals surface area contributed by atoms with Gasteiger partial charge in [-0.15, -0.1) is 0 Å². The predicted octanol–water partition coefficient (Wildman–Crippen LogP) is 1.89. The van der Waals surface area contributed by atoms with Crippen LogP contribution < -0.4 is 16.4 Å². The second kappa shape index (κ2) is 14.0. The van der Waals surface area contributed by atoms with Gasteiger partial charge in [-0.2, -0.15) is 11.8 Å². The van der Waals surface area contributed by atoms with E-state index in [1.165, 1.54) is 0 Å². The normalized spacial score (nSPS) is 14.8. The summed E-state index contributed by atoms with van der Waals surface area (Å²) in [4.78, 5) is 37.9. The molecule has 7 nitrogen and oxygen atoms in total. The molecule has 0 heterocycles. The fraction of sp³-hybridized carbons (Fsp3) is 0.591. The highest BCUT2D eigenvalue weighted by molar-refractivity contribution is 7.98. The van der Waals surface area contributed by atoms with Crippen LogP contribution in [0.3, 0.4) is 0 Å². The number of amides is 2. The van der Waals surface area contributed by atoms with Crippen molar-refractivity contribution in [3.8, 4) is 0 Å². The van der Waals surface area contributed by atoms with Crippen LogP contribution in [0.15, 0.2) is 30.3 Å². The van der Waals surface area contributed by atoms with E-state index in [9.17, 15) is 14.4 Å². The molecule has 0 aliphatic carbocycles. The summed E-state index contributed by atoms with van der Waals surface area (Å²) >= 11 is 1.58. The monoisotopic (exact) mass is 437 g/mol. The third kappa shape index (κ3) is 8.75. The highest BCUT2D eigenvalue weighted by Gasteiger charge is 2.29. The van der Waals surface area contributed by atoms with E-state index in [4.69, 9.17) is 10.5 Å². The molecule has 1 rings (SSSR count). The molecule has 0 radical (unpaired) electrons. The van der Waals surface area contributed by atoms with Crippen LogP contribution in [-0.2, 0) is 25.5 Å². The summed E-state index contributed by atoms with van der Waals surface area (Å²) in [5, 5.41) is 5.54. The number of hydrogen-bond donors (Lipinski definition) is 3. The van der Waals surface area contributed by atoms with E-state index in [1.807, 2.05) is 50.4 Å². The zero-order chi connectivity index (χ0) is 22.5. The molecule has 8 heteroatoms. The standard InChI is InChI=1S/C22H35N3O4S/c1-5-15(3)19(23)21(27)25-18(14-16-10-8-7-9-11-16)20(26)24-17(12-13-30-4)22(28)29-6-2/h7-11,15,17-19H,5-6,12-14,23H2,1-4H3,(H,24,26)(H,25,27). The van der Waals surface area contributed by atoms with Crippen molar-refractivity contribution in [2.45, 2.75) is 58.2 Å². The molecule has 0 aromatic heterocycles. The fourth-order valence-electron chi connectivity index (χ4n) is 2.84. The van der Waals surface area contributed by atoms with Crippen molar-refractivity contribution in [2.24, 2.45) is 11.7 Å². The quantitative estimate of drug-likeness (QED) is 0.407. The fourth-order valence-corrected chi connectivity index (χ4v) is 3.31. The van der Waals surface area contributed by atoms with Crippen molar-refractivity contribution in [3.63, 3.8) is 0 Å². The Bertz CT molecular complexity index is 672. The number of rotatable bonds is 13. The maximum absolute atomic E-state index is 13.0. The first kappa shape index (κ1) is 26.0. The molecule has 4 N–H and O–H groups in total. The summed E-state index contributed by atoms with van der Waals surface area (Å²) in [6, 6.07) is 7.08. The molecule has 30 heavy (non-hydrogen) atoms. The van der Waals surface area contributed by atoms with Gasteiger partial charge in [0.25, 0.3) is 0 Å². The van der Waals surface area contributed by atoms with Gasteiger partial charge < -0.3 is 21.1 Å². The molecule has 1 aromatic carbocycles. The number of nitrogens with one attached hydrogen (secondary N) is 2. The van der Waals surface area contributed by atoms with Crippen LogP contribution in [0, 0.1) is 5.92 Å². The van der Waals surface area contributed by atoms with Crippen LogP contribution in [0.25, 0.3) is 0 Å². The number of carbonyl (C=O) groups is 3. The lowest BCUT2D eigenvalue weighted by Gasteiger charge is -2.25. The van der Waals surface area contributed by atoms with E-state index in [-0.39, 0.29) is 18.4 Å². The van der Waals surface area contributed by atoms with E-state index in [0.717, 1.165) is 12.0 Å². The van der Waals surface area contributed by atoms with Crippen molar-refractivity contribution >= 4 is 29.5 Å². The molecule has 2 amide bonds. The largest absolute Gasteiger partial charge is 0.464 e. The smallest absolute Gasteiger partial charge is 0.328 e. The summed E-state index contributed by atoms with van der Waals surface area (Å²) in [5.41, 5.74) is 6.94. The van der Waals surface area contributed by atoms with Crippen LogP contribution in [0.1, 0.15) is 39.2 Å². The minimum atomic E-state index is -0.846. The zero-order valence-corrected chi connectivity index (χ0v) is 19.2. The molecule has 4 atom stereocenters. The minimum absolute atomic E-state index is 0.0145. The number of carbonyl (C=O) groups excluding carboxylic acids is 3. The highest BCUT2D eigenvalue weighted by Crippen LogP contribution is 2.09. The summed E-state index contributed by atoms with van der Waals surface area (Å²) in [5.74, 6) is -0.599.